The minimum atomic E-state index is -4.76. The maximum Gasteiger partial charge on any atom is 0.362 e. The van der Waals surface area contributed by atoms with E-state index in [0.717, 1.165) is 0 Å². The topological polar surface area (TPSA) is 176 Å². The lowest BCUT2D eigenvalue weighted by molar-refractivity contribution is -0.143. The molecule has 1 saturated heterocycles. The molecule has 0 aromatic heterocycles. The molecule has 0 saturated carbocycles. The summed E-state index contributed by atoms with van der Waals surface area (Å²) in [7, 11) is -4.76. The molecule has 2 amide bonds. The quantitative estimate of drug-likeness (QED) is 0.190. The average molecular weight is 279 g/mol. The van der Waals surface area contributed by atoms with E-state index in [1.807, 2.05) is 0 Å². The van der Waals surface area contributed by atoms with Crippen molar-refractivity contribution in [2.75, 3.05) is 13.2 Å². The molecule has 1 aliphatic rings. The van der Waals surface area contributed by atoms with Crippen molar-refractivity contribution < 1.29 is 27.3 Å². The van der Waals surface area contributed by atoms with Crippen LogP contribution >= 0.6 is 0 Å². The Morgan fingerprint density at radius 1 is 1.67 bits per heavy atom. The van der Waals surface area contributed by atoms with Crippen LogP contribution in [-0.4, -0.2) is 54.4 Å². The zero-order valence-electron chi connectivity index (χ0n) is 8.83. The molecule has 0 spiro atoms. The van der Waals surface area contributed by atoms with Crippen molar-refractivity contribution in [3.8, 4) is 0 Å². The highest BCUT2D eigenvalue weighted by molar-refractivity contribution is 7.84. The Kier molecular flexibility index (Phi) is 4.08. The number of β-lactam (4-membered cyclic amide) rings is 1. The lowest BCUT2D eigenvalue weighted by Crippen LogP contribution is -2.67. The van der Waals surface area contributed by atoms with Gasteiger partial charge in [-0.25, -0.2) is 4.31 Å². The van der Waals surface area contributed by atoms with Gasteiger partial charge in [0.15, 0.2) is 0 Å². The summed E-state index contributed by atoms with van der Waals surface area (Å²) in [6.45, 7) is -0.912. The minimum absolute atomic E-state index is 0.118. The van der Waals surface area contributed by atoms with Crippen LogP contribution in [0.15, 0.2) is 5.11 Å². The monoisotopic (exact) mass is 279 g/mol. The largest absolute Gasteiger partial charge is 0.369 e. The van der Waals surface area contributed by atoms with Crippen LogP contribution < -0.4 is 5.73 Å². The molecule has 0 aromatic carbocycles. The second-order valence-corrected chi connectivity index (χ2v) is 4.60. The number of carbonyl (C=O) groups is 2. The van der Waals surface area contributed by atoms with E-state index in [2.05, 4.69) is 10.0 Å². The third-order valence-corrected chi connectivity index (χ3v) is 3.04. The third-order valence-electron chi connectivity index (χ3n) is 2.09. The smallest absolute Gasteiger partial charge is 0.362 e. The molecule has 1 aliphatic heterocycles. The highest BCUT2D eigenvalue weighted by Gasteiger charge is 2.52. The molecule has 0 radical (unpaired) electrons. The minimum Gasteiger partial charge on any atom is -0.369 e. The summed E-state index contributed by atoms with van der Waals surface area (Å²) in [5.74, 6) is -1.86. The first-order chi connectivity index (χ1) is 8.29. The number of nitrogens with two attached hydrogens (primary N) is 1. The van der Waals surface area contributed by atoms with Crippen molar-refractivity contribution in [3.63, 3.8) is 0 Å². The van der Waals surface area contributed by atoms with Gasteiger partial charge >= 0.3 is 10.3 Å². The van der Waals surface area contributed by atoms with Crippen LogP contribution in [0.25, 0.3) is 10.4 Å². The van der Waals surface area contributed by atoms with Crippen LogP contribution in [0, 0.1) is 0 Å². The molecular weight excluding hydrogens is 270 g/mol. The van der Waals surface area contributed by atoms with Crippen LogP contribution in [-0.2, 0) is 24.6 Å². The molecule has 0 aliphatic carbocycles. The Morgan fingerprint density at radius 2 is 2.28 bits per heavy atom. The van der Waals surface area contributed by atoms with E-state index in [1.54, 1.807) is 0 Å². The van der Waals surface area contributed by atoms with Crippen LogP contribution in [0.5, 0.6) is 0 Å². The lowest BCUT2D eigenvalue weighted by Gasteiger charge is -2.41. The van der Waals surface area contributed by atoms with Crippen molar-refractivity contribution in [1.82, 2.24) is 4.31 Å². The number of primary amides is 1. The van der Waals surface area contributed by atoms with E-state index in [9.17, 15) is 18.0 Å². The molecule has 100 valence electrons. The Morgan fingerprint density at radius 3 is 2.72 bits per heavy atom. The molecule has 1 heterocycles. The van der Waals surface area contributed by atoms with E-state index in [-0.39, 0.29) is 4.31 Å². The van der Waals surface area contributed by atoms with Crippen molar-refractivity contribution in [3.05, 3.63) is 10.4 Å². The van der Waals surface area contributed by atoms with E-state index < -0.39 is 47.4 Å². The van der Waals surface area contributed by atoms with Gasteiger partial charge in [0.05, 0.1) is 12.6 Å². The van der Waals surface area contributed by atoms with Crippen molar-refractivity contribution in [1.29, 1.82) is 0 Å². The Labute approximate surface area is 101 Å². The van der Waals surface area contributed by atoms with Gasteiger partial charge in [0.1, 0.15) is 12.6 Å². The van der Waals surface area contributed by atoms with Gasteiger partial charge in [-0.05, 0) is 5.53 Å². The van der Waals surface area contributed by atoms with Gasteiger partial charge in [0.2, 0.25) is 11.8 Å². The van der Waals surface area contributed by atoms with Gasteiger partial charge in [-0.3, -0.25) is 14.1 Å². The van der Waals surface area contributed by atoms with E-state index >= 15 is 0 Å². The summed E-state index contributed by atoms with van der Waals surface area (Å²) in [5.41, 5.74) is 13.0. The van der Waals surface area contributed by atoms with Gasteiger partial charge in [0.25, 0.3) is 0 Å². The average Bonchev–Trinajstić information content (AvgIpc) is 2.22. The molecule has 3 N–H and O–H groups in total. The first-order valence-electron chi connectivity index (χ1n) is 4.50. The van der Waals surface area contributed by atoms with E-state index in [0.29, 0.717) is 0 Å². The number of azide groups is 1. The lowest BCUT2D eigenvalue weighted by atomic mass is 10.0. The number of nitrogens with zero attached hydrogens (tertiary/aromatic N) is 4. The number of hydrogen-bond acceptors (Lipinski definition) is 6. The molecule has 0 aromatic rings. The van der Waals surface area contributed by atoms with Crippen molar-refractivity contribution in [2.24, 2.45) is 10.8 Å². The molecule has 18 heavy (non-hydrogen) atoms. The summed E-state index contributed by atoms with van der Waals surface area (Å²) in [5, 5.41) is 3.07. The summed E-state index contributed by atoms with van der Waals surface area (Å²) >= 11 is 0. The van der Waals surface area contributed by atoms with E-state index in [4.69, 9.17) is 20.6 Å². The van der Waals surface area contributed by atoms with Crippen LogP contribution in [0.1, 0.15) is 0 Å². The molecule has 11 nitrogen and oxygen atoms in total. The van der Waals surface area contributed by atoms with Crippen LogP contribution in [0.3, 0.4) is 0 Å². The summed E-state index contributed by atoms with van der Waals surface area (Å²) in [4.78, 5) is 24.1. The van der Waals surface area contributed by atoms with E-state index in [1.165, 1.54) is 0 Å². The molecule has 12 heteroatoms. The number of ether oxygens (including phenoxy) is 1. The molecule has 0 bridgehead atoms. The first kappa shape index (κ1) is 14.2. The van der Waals surface area contributed by atoms with Gasteiger partial charge < -0.3 is 10.5 Å². The number of amides is 2. The van der Waals surface area contributed by atoms with Crippen LogP contribution in [0.2, 0.25) is 0 Å². The highest BCUT2D eigenvalue weighted by atomic mass is 32.2. The Balaban J connectivity index is 2.77. The normalized spacial score (nSPS) is 23.2. The highest BCUT2D eigenvalue weighted by Crippen LogP contribution is 2.26. The predicted molar refractivity (Wildman–Crippen MR) is 55.1 cm³/mol. The number of carbonyl (C=O) groups excluding carboxylic acids is 2. The van der Waals surface area contributed by atoms with Crippen molar-refractivity contribution in [2.45, 2.75) is 12.1 Å². The fraction of sp³-hybridized carbons (Fsp3) is 0.667. The zero-order chi connectivity index (χ0) is 13.9. The fourth-order valence-corrected chi connectivity index (χ4v) is 2.26. The molecule has 2 atom stereocenters. The van der Waals surface area contributed by atoms with Gasteiger partial charge in [0, 0.05) is 4.91 Å². The Hall–Kier alpha value is -1.88. The second kappa shape index (κ2) is 5.18. The number of hydrogen-bond donors (Lipinski definition) is 2. The molecule has 1 fully saturated rings. The van der Waals surface area contributed by atoms with Gasteiger partial charge in [-0.15, -0.1) is 0 Å². The summed E-state index contributed by atoms with van der Waals surface area (Å²) in [6.07, 6.45) is 0. The predicted octanol–water partition coefficient (Wildman–Crippen LogP) is -1.82. The van der Waals surface area contributed by atoms with Crippen LogP contribution in [0.4, 0.5) is 0 Å². The zero-order valence-corrected chi connectivity index (χ0v) is 9.65. The standard InChI is InChI=1S/C6H9N5O6S/c7-4(12)2-17-1-3-5(9-10-8)6(13)11(3)18(14,15)16/h3,5H,1-2H2,(H2,7,12)(H,14,15,16)/t3-,5+/m1/s1. The fourth-order valence-electron chi connectivity index (χ4n) is 1.41. The summed E-state index contributed by atoms with van der Waals surface area (Å²) < 4.78 is 35.3. The van der Waals surface area contributed by atoms with Crippen molar-refractivity contribution >= 4 is 22.1 Å². The first-order valence-corrected chi connectivity index (χ1v) is 5.89. The molecule has 0 unspecified atom stereocenters. The molecule has 1 rings (SSSR count). The van der Waals surface area contributed by atoms with Gasteiger partial charge in [-0.2, -0.15) is 8.42 Å². The summed E-state index contributed by atoms with van der Waals surface area (Å²) in [6, 6.07) is -2.49. The third kappa shape index (κ3) is 2.87. The number of rotatable bonds is 6. The Bertz CT molecular complexity index is 511. The molecular formula is C6H9N5O6S. The SMILES string of the molecule is [N-]=[N+]=N[C@@H]1C(=O)N(S(=O)(=O)O)[C@@H]1COCC(N)=O. The maximum absolute atomic E-state index is 11.3. The maximum atomic E-state index is 11.3. The van der Waals surface area contributed by atoms with Gasteiger partial charge in [-0.1, -0.05) is 5.11 Å². The second-order valence-electron chi connectivity index (χ2n) is 3.31.